The van der Waals surface area contributed by atoms with Crippen molar-refractivity contribution in [1.29, 1.82) is 0 Å². The number of pyridine rings is 1. The summed E-state index contributed by atoms with van der Waals surface area (Å²) in [6, 6.07) is 11.9. The van der Waals surface area contributed by atoms with Gasteiger partial charge in [-0.15, -0.1) is 0 Å². The van der Waals surface area contributed by atoms with E-state index in [0.29, 0.717) is 11.4 Å². The van der Waals surface area contributed by atoms with Crippen molar-refractivity contribution in [3.05, 3.63) is 76.9 Å². The Hall–Kier alpha value is -2.39. The number of hydrogen-bond donors (Lipinski definition) is 1. The van der Waals surface area contributed by atoms with Gasteiger partial charge in [0.05, 0.1) is 11.8 Å². The van der Waals surface area contributed by atoms with Crippen molar-refractivity contribution in [3.8, 4) is 11.1 Å². The van der Waals surface area contributed by atoms with Gasteiger partial charge < -0.3 is 5.11 Å². The predicted molar refractivity (Wildman–Crippen MR) is 92.4 cm³/mol. The maximum atomic E-state index is 13.3. The van der Waals surface area contributed by atoms with E-state index < -0.39 is 0 Å². The van der Waals surface area contributed by atoms with Crippen LogP contribution in [0.15, 0.2) is 54.8 Å². The fourth-order valence-corrected chi connectivity index (χ4v) is 2.94. The molecule has 0 radical (unpaired) electrons. The molecule has 0 saturated carbocycles. The van der Waals surface area contributed by atoms with E-state index in [2.05, 4.69) is 4.98 Å². The number of benzene rings is 2. The fraction of sp³-hybridized carbons (Fsp3) is 0.105. The number of aryl methyl sites for hydroxylation is 1. The van der Waals surface area contributed by atoms with Gasteiger partial charge in [-0.2, -0.15) is 0 Å². The fourth-order valence-electron chi connectivity index (χ4n) is 2.76. The highest BCUT2D eigenvalue weighted by Gasteiger charge is 2.14. The summed E-state index contributed by atoms with van der Waals surface area (Å²) in [4.78, 5) is 4.63. The first-order valence-electron chi connectivity index (χ1n) is 7.24. The maximum absolute atomic E-state index is 13.3. The Morgan fingerprint density at radius 1 is 1.17 bits per heavy atom. The van der Waals surface area contributed by atoms with E-state index >= 15 is 0 Å². The third kappa shape index (κ3) is 3.06. The Morgan fingerprint density at radius 3 is 2.61 bits per heavy atom. The van der Waals surface area contributed by atoms with Crippen molar-refractivity contribution in [2.75, 3.05) is 0 Å². The number of rotatable bonds is 3. The quantitative estimate of drug-likeness (QED) is 0.633. The van der Waals surface area contributed by atoms with Crippen molar-refractivity contribution in [1.82, 2.24) is 4.98 Å². The molecule has 2 nitrogen and oxygen atoms in total. The summed E-state index contributed by atoms with van der Waals surface area (Å²) in [6.07, 6.45) is 3.22. The standard InChI is InChI=1S/C19H15ClFNO/c1-12-16(3-2-10-23)19(13-4-7-15(21)8-5-13)17-11-14(20)6-9-18(17)22-12/h2,4-11,23H,3H2,1H3. The topological polar surface area (TPSA) is 33.1 Å². The van der Waals surface area contributed by atoms with Crippen LogP contribution in [0.3, 0.4) is 0 Å². The number of hydrogen-bond acceptors (Lipinski definition) is 2. The number of halogens is 2. The number of nitrogens with zero attached hydrogens (tertiary/aromatic N) is 1. The molecule has 0 spiro atoms. The molecule has 3 aromatic rings. The molecule has 2 aromatic carbocycles. The molecule has 0 fully saturated rings. The normalized spacial score (nSPS) is 11.4. The molecule has 0 atom stereocenters. The van der Waals surface area contributed by atoms with E-state index in [0.717, 1.165) is 39.5 Å². The lowest BCUT2D eigenvalue weighted by Crippen LogP contribution is -1.98. The Kier molecular flexibility index (Phi) is 4.30. The third-order valence-corrected chi connectivity index (χ3v) is 4.05. The number of fused-ring (bicyclic) bond motifs is 1. The van der Waals surface area contributed by atoms with Crippen LogP contribution in [0, 0.1) is 12.7 Å². The Labute approximate surface area is 138 Å². The summed E-state index contributed by atoms with van der Waals surface area (Å²) in [5.74, 6) is -0.279. The van der Waals surface area contributed by atoms with Gasteiger partial charge in [0.1, 0.15) is 5.82 Å². The van der Waals surface area contributed by atoms with Crippen LogP contribution in [-0.4, -0.2) is 10.1 Å². The third-order valence-electron chi connectivity index (χ3n) is 3.81. The highest BCUT2D eigenvalue weighted by atomic mass is 35.5. The molecule has 116 valence electrons. The summed E-state index contributed by atoms with van der Waals surface area (Å²) in [6.45, 7) is 1.93. The predicted octanol–water partition coefficient (Wildman–Crippen LogP) is 5.62. The molecular formula is C19H15ClFNO. The van der Waals surface area contributed by atoms with E-state index in [4.69, 9.17) is 16.7 Å². The lowest BCUT2D eigenvalue weighted by atomic mass is 9.92. The molecule has 3 rings (SSSR count). The smallest absolute Gasteiger partial charge is 0.123 e. The molecule has 0 amide bonds. The van der Waals surface area contributed by atoms with E-state index in [9.17, 15) is 4.39 Å². The van der Waals surface area contributed by atoms with Crippen molar-refractivity contribution < 1.29 is 9.50 Å². The van der Waals surface area contributed by atoms with E-state index in [1.807, 2.05) is 19.1 Å². The summed E-state index contributed by atoms with van der Waals surface area (Å²) in [7, 11) is 0. The van der Waals surface area contributed by atoms with Gasteiger partial charge >= 0.3 is 0 Å². The second kappa shape index (κ2) is 6.39. The molecule has 0 unspecified atom stereocenters. The molecule has 1 aromatic heterocycles. The minimum atomic E-state index is -0.279. The first-order chi connectivity index (χ1) is 11.1. The highest BCUT2D eigenvalue weighted by Crippen LogP contribution is 2.35. The zero-order chi connectivity index (χ0) is 16.4. The SMILES string of the molecule is Cc1nc2ccc(Cl)cc2c(-c2ccc(F)cc2)c1CC=CO. The molecule has 0 aliphatic heterocycles. The highest BCUT2D eigenvalue weighted by molar-refractivity contribution is 6.31. The van der Waals surface area contributed by atoms with Gasteiger partial charge in [0.2, 0.25) is 0 Å². The molecule has 0 aliphatic rings. The van der Waals surface area contributed by atoms with Gasteiger partial charge in [-0.25, -0.2) is 4.39 Å². The second-order valence-corrected chi connectivity index (χ2v) is 5.74. The van der Waals surface area contributed by atoms with E-state index in [-0.39, 0.29) is 5.82 Å². The van der Waals surface area contributed by atoms with Gasteiger partial charge in [-0.3, -0.25) is 4.98 Å². The monoisotopic (exact) mass is 327 g/mol. The van der Waals surface area contributed by atoms with Crippen molar-refractivity contribution in [2.24, 2.45) is 0 Å². The van der Waals surface area contributed by atoms with Crippen LogP contribution in [-0.2, 0) is 6.42 Å². The molecule has 0 bridgehead atoms. The van der Waals surface area contributed by atoms with Crippen LogP contribution in [0.1, 0.15) is 11.3 Å². The summed E-state index contributed by atoms with van der Waals surface area (Å²) in [5.41, 5.74) is 4.55. The van der Waals surface area contributed by atoms with E-state index in [1.54, 1.807) is 24.3 Å². The summed E-state index contributed by atoms with van der Waals surface area (Å²) >= 11 is 6.16. The molecule has 1 N–H and O–H groups in total. The number of aromatic nitrogens is 1. The minimum Gasteiger partial charge on any atom is -0.516 e. The first kappa shape index (κ1) is 15.5. The van der Waals surface area contributed by atoms with Crippen LogP contribution < -0.4 is 0 Å². The van der Waals surface area contributed by atoms with Crippen LogP contribution in [0.4, 0.5) is 4.39 Å². The molecular weight excluding hydrogens is 313 g/mol. The Bertz CT molecular complexity index is 888. The zero-order valence-corrected chi connectivity index (χ0v) is 13.3. The van der Waals surface area contributed by atoms with Crippen LogP contribution in [0.2, 0.25) is 5.02 Å². The van der Waals surface area contributed by atoms with Crippen LogP contribution >= 0.6 is 11.6 Å². The minimum absolute atomic E-state index is 0.279. The van der Waals surface area contributed by atoms with Crippen molar-refractivity contribution in [3.63, 3.8) is 0 Å². The average Bonchev–Trinajstić information content (AvgIpc) is 2.54. The summed E-state index contributed by atoms with van der Waals surface area (Å²) < 4.78 is 13.3. The Balaban J connectivity index is 2.37. The lowest BCUT2D eigenvalue weighted by Gasteiger charge is -2.15. The van der Waals surface area contributed by atoms with Gasteiger partial charge in [0.25, 0.3) is 0 Å². The Morgan fingerprint density at radius 2 is 1.91 bits per heavy atom. The number of aliphatic hydroxyl groups excluding tert-OH is 1. The van der Waals surface area contributed by atoms with Crippen molar-refractivity contribution >= 4 is 22.5 Å². The zero-order valence-electron chi connectivity index (χ0n) is 12.6. The van der Waals surface area contributed by atoms with Gasteiger partial charge in [0, 0.05) is 16.1 Å². The molecule has 0 saturated heterocycles. The molecule has 23 heavy (non-hydrogen) atoms. The second-order valence-electron chi connectivity index (χ2n) is 5.31. The van der Waals surface area contributed by atoms with E-state index in [1.165, 1.54) is 12.1 Å². The molecule has 1 heterocycles. The lowest BCUT2D eigenvalue weighted by molar-refractivity contribution is 0.471. The van der Waals surface area contributed by atoms with Crippen LogP contribution in [0.25, 0.3) is 22.0 Å². The largest absolute Gasteiger partial charge is 0.516 e. The van der Waals surface area contributed by atoms with Gasteiger partial charge in [-0.1, -0.05) is 23.7 Å². The van der Waals surface area contributed by atoms with Crippen LogP contribution in [0.5, 0.6) is 0 Å². The number of allylic oxidation sites excluding steroid dienone is 1. The molecule has 4 heteroatoms. The molecule has 0 aliphatic carbocycles. The summed E-state index contributed by atoms with van der Waals surface area (Å²) in [5, 5.41) is 10.5. The first-order valence-corrected chi connectivity index (χ1v) is 7.62. The number of aliphatic hydroxyl groups is 1. The maximum Gasteiger partial charge on any atom is 0.123 e. The van der Waals surface area contributed by atoms with Gasteiger partial charge in [-0.05, 0) is 66.4 Å². The average molecular weight is 328 g/mol. The van der Waals surface area contributed by atoms with Crippen molar-refractivity contribution in [2.45, 2.75) is 13.3 Å². The van der Waals surface area contributed by atoms with Gasteiger partial charge in [0.15, 0.2) is 0 Å².